The minimum absolute atomic E-state index is 0.0753. The van der Waals surface area contributed by atoms with E-state index in [0.29, 0.717) is 6.04 Å². The van der Waals surface area contributed by atoms with E-state index in [1.807, 2.05) is 0 Å². The molecule has 2 unspecified atom stereocenters. The zero-order valence-electron chi connectivity index (χ0n) is 9.44. The molecule has 0 radical (unpaired) electrons. The van der Waals surface area contributed by atoms with E-state index in [-0.39, 0.29) is 6.10 Å². The van der Waals surface area contributed by atoms with Gasteiger partial charge < -0.3 is 5.11 Å². The molecule has 4 rings (SSSR count). The van der Waals surface area contributed by atoms with Crippen LogP contribution in [0.3, 0.4) is 0 Å². The fraction of sp³-hybridized carbons (Fsp3) is 1.00. The van der Waals surface area contributed by atoms with Crippen molar-refractivity contribution in [1.29, 1.82) is 0 Å². The van der Waals surface area contributed by atoms with Gasteiger partial charge in [0, 0.05) is 38.8 Å². The number of rotatable bonds is 4. The number of aliphatic hydroxyl groups is 1. The molecule has 0 amide bonds. The van der Waals surface area contributed by atoms with Crippen molar-refractivity contribution in [3.05, 3.63) is 0 Å². The molecule has 0 aromatic heterocycles. The molecule has 1 N–H and O–H groups in total. The molecule has 86 valence electrons. The van der Waals surface area contributed by atoms with Crippen molar-refractivity contribution >= 4 is 0 Å². The zero-order chi connectivity index (χ0) is 10.3. The third-order valence-electron chi connectivity index (χ3n) is 4.33. The number of fused-ring (bicyclic) bond motifs is 3. The lowest BCUT2D eigenvalue weighted by molar-refractivity contribution is -0.0488. The average Bonchev–Trinajstić information content (AvgIpc) is 3.11. The minimum atomic E-state index is -0.0753. The fourth-order valence-electron chi connectivity index (χ4n) is 3.03. The standard InChI is InChI=1S/C12H22N2O/c15-12(4-3-10-1-2-10)11-9-13-5-7-14(11)8-6-13/h10-12,15H,1-9H2. The van der Waals surface area contributed by atoms with Crippen LogP contribution in [0.25, 0.3) is 0 Å². The highest BCUT2D eigenvalue weighted by Crippen LogP contribution is 2.34. The van der Waals surface area contributed by atoms with E-state index in [2.05, 4.69) is 9.80 Å². The fourth-order valence-corrected chi connectivity index (χ4v) is 3.03. The first kappa shape index (κ1) is 10.1. The number of hydrogen-bond donors (Lipinski definition) is 1. The summed E-state index contributed by atoms with van der Waals surface area (Å²) in [7, 11) is 0. The summed E-state index contributed by atoms with van der Waals surface area (Å²) < 4.78 is 0. The summed E-state index contributed by atoms with van der Waals surface area (Å²) in [5.74, 6) is 0.954. The van der Waals surface area contributed by atoms with Gasteiger partial charge in [0.2, 0.25) is 0 Å². The molecular weight excluding hydrogens is 188 g/mol. The first-order valence-corrected chi connectivity index (χ1v) is 6.47. The second-order valence-corrected chi connectivity index (χ2v) is 5.49. The van der Waals surface area contributed by atoms with Crippen molar-refractivity contribution in [2.45, 2.75) is 37.8 Å². The lowest BCUT2D eigenvalue weighted by atomic mass is 9.98. The molecule has 3 heteroatoms. The molecule has 3 aliphatic heterocycles. The summed E-state index contributed by atoms with van der Waals surface area (Å²) in [6, 6.07) is 0.436. The van der Waals surface area contributed by atoms with E-state index in [1.165, 1.54) is 45.4 Å². The molecule has 4 aliphatic rings. The molecule has 0 aromatic rings. The zero-order valence-corrected chi connectivity index (χ0v) is 9.44. The molecule has 1 saturated carbocycles. The van der Waals surface area contributed by atoms with Crippen molar-refractivity contribution in [1.82, 2.24) is 9.80 Å². The van der Waals surface area contributed by atoms with Gasteiger partial charge in [0.25, 0.3) is 0 Å². The van der Waals surface area contributed by atoms with Crippen molar-refractivity contribution in [2.24, 2.45) is 5.92 Å². The molecule has 2 bridgehead atoms. The quantitative estimate of drug-likeness (QED) is 0.733. The first-order chi connectivity index (χ1) is 7.33. The van der Waals surface area contributed by atoms with Gasteiger partial charge in [-0.1, -0.05) is 12.8 Å². The van der Waals surface area contributed by atoms with Crippen LogP contribution in [0.5, 0.6) is 0 Å². The summed E-state index contributed by atoms with van der Waals surface area (Å²) in [6.45, 7) is 5.87. The van der Waals surface area contributed by atoms with Crippen molar-refractivity contribution in [3.8, 4) is 0 Å². The maximum absolute atomic E-state index is 10.2. The molecule has 15 heavy (non-hydrogen) atoms. The Hall–Kier alpha value is -0.120. The molecule has 3 saturated heterocycles. The van der Waals surface area contributed by atoms with Gasteiger partial charge in [-0.25, -0.2) is 0 Å². The Morgan fingerprint density at radius 2 is 1.87 bits per heavy atom. The maximum Gasteiger partial charge on any atom is 0.0708 e. The lowest BCUT2D eigenvalue weighted by Gasteiger charge is -2.49. The van der Waals surface area contributed by atoms with Crippen molar-refractivity contribution in [3.63, 3.8) is 0 Å². The van der Waals surface area contributed by atoms with Crippen molar-refractivity contribution in [2.75, 3.05) is 32.7 Å². The van der Waals surface area contributed by atoms with Crippen molar-refractivity contribution < 1.29 is 5.11 Å². The Morgan fingerprint density at radius 3 is 2.40 bits per heavy atom. The molecule has 1 aliphatic carbocycles. The minimum Gasteiger partial charge on any atom is -0.391 e. The van der Waals surface area contributed by atoms with Crippen LogP contribution in [-0.4, -0.2) is 59.8 Å². The number of hydrogen-bond acceptors (Lipinski definition) is 3. The van der Waals surface area contributed by atoms with E-state index in [0.717, 1.165) is 18.9 Å². The monoisotopic (exact) mass is 210 g/mol. The summed E-state index contributed by atoms with van der Waals surface area (Å²) in [5, 5.41) is 10.2. The highest BCUT2D eigenvalue weighted by Gasteiger charge is 2.36. The van der Waals surface area contributed by atoms with Crippen LogP contribution in [-0.2, 0) is 0 Å². The predicted molar refractivity (Wildman–Crippen MR) is 59.8 cm³/mol. The van der Waals surface area contributed by atoms with Gasteiger partial charge >= 0.3 is 0 Å². The van der Waals surface area contributed by atoms with E-state index in [4.69, 9.17) is 0 Å². The Kier molecular flexibility index (Phi) is 2.71. The van der Waals surface area contributed by atoms with Gasteiger partial charge in [-0.05, 0) is 18.8 Å². The number of aliphatic hydroxyl groups excluding tert-OH is 1. The smallest absolute Gasteiger partial charge is 0.0708 e. The Labute approximate surface area is 92.1 Å². The summed E-state index contributed by atoms with van der Waals surface area (Å²) in [5.41, 5.74) is 0. The first-order valence-electron chi connectivity index (χ1n) is 6.47. The Bertz CT molecular complexity index is 222. The van der Waals surface area contributed by atoms with Crippen LogP contribution in [0.2, 0.25) is 0 Å². The van der Waals surface area contributed by atoms with Gasteiger partial charge in [-0.2, -0.15) is 0 Å². The van der Waals surface area contributed by atoms with Gasteiger partial charge in [-0.15, -0.1) is 0 Å². The van der Waals surface area contributed by atoms with Gasteiger partial charge in [0.1, 0.15) is 0 Å². The highest BCUT2D eigenvalue weighted by molar-refractivity contribution is 4.92. The van der Waals surface area contributed by atoms with Gasteiger partial charge in [0.05, 0.1) is 6.10 Å². The van der Waals surface area contributed by atoms with Crippen LogP contribution < -0.4 is 0 Å². The van der Waals surface area contributed by atoms with E-state index in [1.54, 1.807) is 0 Å². The van der Waals surface area contributed by atoms with Crippen LogP contribution >= 0.6 is 0 Å². The summed E-state index contributed by atoms with van der Waals surface area (Å²) in [6.07, 6.45) is 5.03. The van der Waals surface area contributed by atoms with E-state index >= 15 is 0 Å². The SMILES string of the molecule is OC(CCC1CC1)C1CN2CCN1CC2. The molecular formula is C12H22N2O. The molecule has 2 atom stereocenters. The molecule has 0 spiro atoms. The molecule has 3 nitrogen and oxygen atoms in total. The topological polar surface area (TPSA) is 26.7 Å². The highest BCUT2D eigenvalue weighted by atomic mass is 16.3. The molecule has 3 heterocycles. The van der Waals surface area contributed by atoms with Crippen LogP contribution in [0.15, 0.2) is 0 Å². The Balaban J connectivity index is 1.51. The second kappa shape index (κ2) is 4.04. The molecule has 4 fully saturated rings. The normalized spacial score (nSPS) is 41.8. The third kappa shape index (κ3) is 2.19. The van der Waals surface area contributed by atoms with Gasteiger partial charge in [0.15, 0.2) is 0 Å². The third-order valence-corrected chi connectivity index (χ3v) is 4.33. The maximum atomic E-state index is 10.2. The van der Waals surface area contributed by atoms with E-state index in [9.17, 15) is 5.11 Å². The van der Waals surface area contributed by atoms with E-state index < -0.39 is 0 Å². The van der Waals surface area contributed by atoms with Gasteiger partial charge in [-0.3, -0.25) is 9.80 Å². The van der Waals surface area contributed by atoms with Crippen LogP contribution in [0.1, 0.15) is 25.7 Å². The average molecular weight is 210 g/mol. The van der Waals surface area contributed by atoms with Crippen LogP contribution in [0, 0.1) is 5.92 Å². The largest absolute Gasteiger partial charge is 0.391 e. The number of nitrogens with zero attached hydrogens (tertiary/aromatic N) is 2. The lowest BCUT2D eigenvalue weighted by Crippen LogP contribution is -2.64. The summed E-state index contributed by atoms with van der Waals surface area (Å²) in [4.78, 5) is 5.00. The van der Waals surface area contributed by atoms with Crippen LogP contribution in [0.4, 0.5) is 0 Å². The second-order valence-electron chi connectivity index (χ2n) is 5.49. The Morgan fingerprint density at radius 1 is 1.13 bits per heavy atom. The summed E-state index contributed by atoms with van der Waals surface area (Å²) >= 11 is 0. The number of piperazine rings is 3. The molecule has 0 aromatic carbocycles. The predicted octanol–water partition coefficient (Wildman–Crippen LogP) is 0.537.